The Morgan fingerprint density at radius 1 is 1.58 bits per heavy atom. The summed E-state index contributed by atoms with van der Waals surface area (Å²) in [6.45, 7) is 5.04. The van der Waals surface area contributed by atoms with Crippen molar-refractivity contribution >= 4 is 5.78 Å². The van der Waals surface area contributed by atoms with Gasteiger partial charge in [0.2, 0.25) is 5.78 Å². The Morgan fingerprint density at radius 3 is 2.68 bits per heavy atom. The van der Waals surface area contributed by atoms with Gasteiger partial charge in [-0.2, -0.15) is 5.10 Å². The summed E-state index contributed by atoms with van der Waals surface area (Å²) in [5, 5.41) is 4.22. The van der Waals surface area contributed by atoms with Gasteiger partial charge in [-0.1, -0.05) is 6.92 Å². The monoisotopic (exact) mass is 268 g/mol. The molecule has 1 rings (SSSR count). The summed E-state index contributed by atoms with van der Waals surface area (Å²) in [7, 11) is 5.48. The van der Waals surface area contributed by atoms with E-state index in [-0.39, 0.29) is 5.78 Å². The highest BCUT2D eigenvalue weighted by Crippen LogP contribution is 2.23. The fraction of sp³-hybridized carbons (Fsp3) is 0.692. The molecule has 0 saturated carbocycles. The number of nitrogens with zero attached hydrogens (tertiary/aromatic N) is 3. The second kappa shape index (κ2) is 6.16. The van der Waals surface area contributed by atoms with E-state index >= 15 is 0 Å². The zero-order valence-electron chi connectivity index (χ0n) is 12.4. The molecule has 1 aromatic rings. The smallest absolute Gasteiger partial charge is 0.204 e. The fourth-order valence-corrected chi connectivity index (χ4v) is 1.64. The van der Waals surface area contributed by atoms with Gasteiger partial charge in [-0.3, -0.25) is 9.48 Å². The van der Waals surface area contributed by atoms with Gasteiger partial charge in [0.1, 0.15) is 5.69 Å². The van der Waals surface area contributed by atoms with Crippen LogP contribution >= 0.6 is 0 Å². The first-order valence-electron chi connectivity index (χ1n) is 6.41. The molecule has 19 heavy (non-hydrogen) atoms. The van der Waals surface area contributed by atoms with Crippen molar-refractivity contribution < 1.29 is 9.53 Å². The quantitative estimate of drug-likeness (QED) is 0.739. The van der Waals surface area contributed by atoms with E-state index in [0.717, 1.165) is 6.54 Å². The van der Waals surface area contributed by atoms with Gasteiger partial charge in [0.15, 0.2) is 5.75 Å². The molecule has 1 heterocycles. The summed E-state index contributed by atoms with van der Waals surface area (Å²) in [6.07, 6.45) is 2.13. The lowest BCUT2D eigenvalue weighted by Gasteiger charge is -2.22. The van der Waals surface area contributed by atoms with Gasteiger partial charge in [-0.15, -0.1) is 0 Å². The molecule has 1 unspecified atom stereocenters. The first-order valence-corrected chi connectivity index (χ1v) is 6.41. The molecule has 0 spiro atoms. The average Bonchev–Trinajstić information content (AvgIpc) is 2.77. The van der Waals surface area contributed by atoms with E-state index in [9.17, 15) is 4.79 Å². The van der Waals surface area contributed by atoms with Gasteiger partial charge >= 0.3 is 0 Å². The number of ether oxygens (including phenoxy) is 1. The van der Waals surface area contributed by atoms with Crippen LogP contribution in [0.1, 0.15) is 30.8 Å². The largest absolute Gasteiger partial charge is 0.493 e. The van der Waals surface area contributed by atoms with E-state index in [4.69, 9.17) is 10.5 Å². The number of hydrogen-bond donors (Lipinski definition) is 1. The minimum absolute atomic E-state index is 0.136. The average molecular weight is 268 g/mol. The molecule has 0 radical (unpaired) electrons. The number of ketones is 1. The number of likely N-dealkylation sites (N-methyl/N-ethyl adjacent to an activating group) is 1. The Morgan fingerprint density at radius 2 is 2.21 bits per heavy atom. The number of carbonyl (C=O) groups is 1. The van der Waals surface area contributed by atoms with Crippen LogP contribution in [-0.4, -0.2) is 53.8 Å². The molecule has 0 aliphatic carbocycles. The van der Waals surface area contributed by atoms with Crippen molar-refractivity contribution in [1.29, 1.82) is 0 Å². The second-order valence-electron chi connectivity index (χ2n) is 5.19. The number of Topliss-reactive ketones (excluding diaryl/α,β-unsaturated/α-hetero) is 1. The zero-order valence-corrected chi connectivity index (χ0v) is 12.4. The van der Waals surface area contributed by atoms with E-state index in [0.29, 0.717) is 24.4 Å². The molecule has 0 aliphatic rings. The number of methoxy groups -OCH3 is 1. The lowest BCUT2D eigenvalue weighted by molar-refractivity contribution is 0.0882. The molecule has 108 valence electrons. The summed E-state index contributed by atoms with van der Waals surface area (Å²) < 4.78 is 6.89. The third kappa shape index (κ3) is 3.54. The Balaban J connectivity index is 3.09. The highest BCUT2D eigenvalue weighted by atomic mass is 16.5. The van der Waals surface area contributed by atoms with Crippen LogP contribution in [0.4, 0.5) is 0 Å². The van der Waals surface area contributed by atoms with E-state index < -0.39 is 5.54 Å². The van der Waals surface area contributed by atoms with Crippen molar-refractivity contribution in [2.24, 2.45) is 5.73 Å². The van der Waals surface area contributed by atoms with Gasteiger partial charge in [0, 0.05) is 6.54 Å². The first-order chi connectivity index (χ1) is 8.83. The van der Waals surface area contributed by atoms with Crippen molar-refractivity contribution in [2.75, 3.05) is 27.7 Å². The summed E-state index contributed by atoms with van der Waals surface area (Å²) in [4.78, 5) is 14.6. The van der Waals surface area contributed by atoms with Gasteiger partial charge in [0.05, 0.1) is 25.4 Å². The standard InChI is InChI=1S/C13H24N4O2/c1-6-13(2,14)12(18)11-10(19-5)9-15-17(11)8-7-16(3)4/h9H,6-8,14H2,1-5H3. The van der Waals surface area contributed by atoms with Gasteiger partial charge in [-0.05, 0) is 27.4 Å². The summed E-state index contributed by atoms with van der Waals surface area (Å²) in [5.74, 6) is 0.344. The minimum atomic E-state index is -0.900. The third-order valence-electron chi connectivity index (χ3n) is 3.25. The normalized spacial score (nSPS) is 14.5. The second-order valence-corrected chi connectivity index (χ2v) is 5.19. The van der Waals surface area contributed by atoms with Crippen molar-refractivity contribution in [2.45, 2.75) is 32.4 Å². The van der Waals surface area contributed by atoms with Crippen LogP contribution in [-0.2, 0) is 6.54 Å². The highest BCUT2D eigenvalue weighted by Gasteiger charge is 2.32. The van der Waals surface area contributed by atoms with Crippen LogP contribution in [0, 0.1) is 0 Å². The van der Waals surface area contributed by atoms with Crippen molar-refractivity contribution in [1.82, 2.24) is 14.7 Å². The van der Waals surface area contributed by atoms with E-state index in [1.54, 1.807) is 17.8 Å². The SMILES string of the molecule is CCC(C)(N)C(=O)c1c(OC)cnn1CCN(C)C. The van der Waals surface area contributed by atoms with Crippen LogP contribution in [0.25, 0.3) is 0 Å². The van der Waals surface area contributed by atoms with Crippen LogP contribution < -0.4 is 10.5 Å². The molecular weight excluding hydrogens is 244 g/mol. The van der Waals surface area contributed by atoms with Gasteiger partial charge in [-0.25, -0.2) is 0 Å². The number of rotatable bonds is 7. The molecule has 1 atom stereocenters. The predicted octanol–water partition coefficient (Wildman–Crippen LogP) is 0.763. The first kappa shape index (κ1) is 15.7. The van der Waals surface area contributed by atoms with Crippen molar-refractivity contribution in [3.8, 4) is 5.75 Å². The predicted molar refractivity (Wildman–Crippen MR) is 74.5 cm³/mol. The van der Waals surface area contributed by atoms with E-state index in [1.807, 2.05) is 25.9 Å². The molecule has 0 saturated heterocycles. The lowest BCUT2D eigenvalue weighted by Crippen LogP contribution is -2.45. The fourth-order valence-electron chi connectivity index (χ4n) is 1.64. The third-order valence-corrected chi connectivity index (χ3v) is 3.25. The van der Waals surface area contributed by atoms with Gasteiger partial charge in [0.25, 0.3) is 0 Å². The Hall–Kier alpha value is -1.40. The van der Waals surface area contributed by atoms with Crippen LogP contribution in [0.5, 0.6) is 5.75 Å². The maximum absolute atomic E-state index is 12.5. The molecular formula is C13H24N4O2. The summed E-state index contributed by atoms with van der Waals surface area (Å²) in [6, 6.07) is 0. The molecule has 0 fully saturated rings. The van der Waals surface area contributed by atoms with E-state index in [2.05, 4.69) is 5.10 Å². The molecule has 1 aromatic heterocycles. The molecule has 0 amide bonds. The Bertz CT molecular complexity index is 438. The maximum atomic E-state index is 12.5. The summed E-state index contributed by atoms with van der Waals surface area (Å²) >= 11 is 0. The Kier molecular flexibility index (Phi) is 5.08. The highest BCUT2D eigenvalue weighted by molar-refractivity contribution is 6.03. The molecule has 2 N–H and O–H groups in total. The number of carbonyl (C=O) groups excluding carboxylic acids is 1. The van der Waals surface area contributed by atoms with Crippen LogP contribution in [0.3, 0.4) is 0 Å². The molecule has 6 nitrogen and oxygen atoms in total. The van der Waals surface area contributed by atoms with Crippen molar-refractivity contribution in [3.63, 3.8) is 0 Å². The van der Waals surface area contributed by atoms with Crippen molar-refractivity contribution in [3.05, 3.63) is 11.9 Å². The van der Waals surface area contributed by atoms with E-state index in [1.165, 1.54) is 7.11 Å². The molecule has 6 heteroatoms. The Labute approximate surface area is 114 Å². The number of aromatic nitrogens is 2. The zero-order chi connectivity index (χ0) is 14.6. The topological polar surface area (TPSA) is 73.4 Å². The number of nitrogens with two attached hydrogens (primary N) is 1. The van der Waals surface area contributed by atoms with Crippen LogP contribution in [0.15, 0.2) is 6.20 Å². The molecule has 0 aromatic carbocycles. The summed E-state index contributed by atoms with van der Waals surface area (Å²) in [5.41, 5.74) is 5.60. The van der Waals surface area contributed by atoms with Gasteiger partial charge < -0.3 is 15.4 Å². The minimum Gasteiger partial charge on any atom is -0.493 e. The van der Waals surface area contributed by atoms with Crippen LogP contribution in [0.2, 0.25) is 0 Å². The molecule has 0 bridgehead atoms. The maximum Gasteiger partial charge on any atom is 0.204 e. The lowest BCUT2D eigenvalue weighted by atomic mass is 9.92. The molecule has 0 aliphatic heterocycles. The number of hydrogen-bond acceptors (Lipinski definition) is 5.